The van der Waals surface area contributed by atoms with Crippen molar-refractivity contribution in [1.82, 2.24) is 5.32 Å². The Balaban J connectivity index is 1.65. The normalized spacial score (nSPS) is 18.3. The molecule has 1 aliphatic carbocycles. The average Bonchev–Trinajstić information content (AvgIpc) is 2.77. The molecule has 2 heteroatoms. The van der Waals surface area contributed by atoms with E-state index in [-0.39, 0.29) is 11.9 Å². The van der Waals surface area contributed by atoms with Crippen LogP contribution in [0.15, 0.2) is 91.5 Å². The molecule has 0 radical (unpaired) electrons. The predicted molar refractivity (Wildman–Crippen MR) is 120 cm³/mol. The summed E-state index contributed by atoms with van der Waals surface area (Å²) >= 11 is 0. The van der Waals surface area contributed by atoms with E-state index >= 15 is 0 Å². The maximum atomic E-state index is 12.0. The van der Waals surface area contributed by atoms with Crippen LogP contribution in [0, 0.1) is 0 Å². The number of carbonyl (C=O) groups is 1. The first-order valence-corrected chi connectivity index (χ1v) is 10.2. The van der Waals surface area contributed by atoms with Crippen LogP contribution >= 0.6 is 0 Å². The highest BCUT2D eigenvalue weighted by atomic mass is 16.1. The van der Waals surface area contributed by atoms with Gasteiger partial charge in [0.15, 0.2) is 0 Å². The molecule has 142 valence electrons. The molecule has 0 bridgehead atoms. The number of nitrogens with one attached hydrogen (secondary N) is 1. The topological polar surface area (TPSA) is 29.1 Å². The number of carbonyl (C=O) groups excluding carboxylic acids is 1. The minimum absolute atomic E-state index is 0.0248. The van der Waals surface area contributed by atoms with E-state index in [0.717, 1.165) is 12.8 Å². The van der Waals surface area contributed by atoms with Crippen LogP contribution in [0.3, 0.4) is 0 Å². The molecule has 1 N–H and O–H groups in total. The summed E-state index contributed by atoms with van der Waals surface area (Å²) in [5.74, 6) is 0.217. The van der Waals surface area contributed by atoms with Gasteiger partial charge >= 0.3 is 0 Å². The molecule has 0 spiro atoms. The van der Waals surface area contributed by atoms with Gasteiger partial charge < -0.3 is 5.32 Å². The molecule has 2 nitrogen and oxygen atoms in total. The number of amides is 1. The molecule has 5 rings (SSSR count). The standard InChI is InChI=1S/C27H23NO/c1-2-27(29)28-26-14-13-23(22-12-11-18-7-3-4-8-19(18)15-22)24-16-20-9-5-6-10-21(20)17-25(24)26/h2-12,15-17,23,26H,1,13-14H2,(H,28,29)/t23-,26-/m1/s1. The number of rotatable bonds is 3. The van der Waals surface area contributed by atoms with Gasteiger partial charge in [-0.15, -0.1) is 0 Å². The van der Waals surface area contributed by atoms with Crippen molar-refractivity contribution in [1.29, 1.82) is 0 Å². The summed E-state index contributed by atoms with van der Waals surface area (Å²) in [6.07, 6.45) is 3.28. The van der Waals surface area contributed by atoms with Crippen LogP contribution in [0.4, 0.5) is 0 Å². The Morgan fingerprint density at radius 2 is 1.41 bits per heavy atom. The third-order valence-electron chi connectivity index (χ3n) is 6.12. The monoisotopic (exact) mass is 377 g/mol. The fraction of sp³-hybridized carbons (Fsp3) is 0.148. The Bertz CT molecular complexity index is 1240. The van der Waals surface area contributed by atoms with Crippen molar-refractivity contribution in [2.45, 2.75) is 24.8 Å². The van der Waals surface area contributed by atoms with E-state index in [9.17, 15) is 4.79 Å². The number of benzene rings is 4. The second kappa shape index (κ2) is 7.21. The first-order chi connectivity index (χ1) is 14.2. The van der Waals surface area contributed by atoms with E-state index in [1.54, 1.807) is 0 Å². The highest BCUT2D eigenvalue weighted by molar-refractivity contribution is 5.88. The SMILES string of the molecule is C=CC(=O)N[C@@H]1CC[C@H](c2ccc3ccccc3c2)c2cc3ccccc3cc21. The molecule has 0 unspecified atom stereocenters. The van der Waals surface area contributed by atoms with Gasteiger partial charge in [-0.3, -0.25) is 4.79 Å². The van der Waals surface area contributed by atoms with Crippen LogP contribution < -0.4 is 5.32 Å². The minimum atomic E-state index is -0.113. The lowest BCUT2D eigenvalue weighted by Gasteiger charge is -2.33. The van der Waals surface area contributed by atoms with Gasteiger partial charge in [-0.25, -0.2) is 0 Å². The largest absolute Gasteiger partial charge is 0.346 e. The second-order valence-electron chi connectivity index (χ2n) is 7.83. The van der Waals surface area contributed by atoms with Crippen molar-refractivity contribution in [2.75, 3.05) is 0 Å². The Kier molecular flexibility index (Phi) is 4.40. The minimum Gasteiger partial charge on any atom is -0.346 e. The van der Waals surface area contributed by atoms with Crippen LogP contribution in [-0.4, -0.2) is 5.91 Å². The van der Waals surface area contributed by atoms with Gasteiger partial charge in [0.05, 0.1) is 6.04 Å². The van der Waals surface area contributed by atoms with Gasteiger partial charge in [-0.05, 0) is 63.2 Å². The van der Waals surface area contributed by atoms with Crippen molar-refractivity contribution in [3.63, 3.8) is 0 Å². The summed E-state index contributed by atoms with van der Waals surface area (Å²) in [6.45, 7) is 3.61. The molecule has 29 heavy (non-hydrogen) atoms. The smallest absolute Gasteiger partial charge is 0.243 e. The van der Waals surface area contributed by atoms with Crippen molar-refractivity contribution >= 4 is 27.5 Å². The Labute approximate surface area is 170 Å². The lowest BCUT2D eigenvalue weighted by Crippen LogP contribution is -2.30. The van der Waals surface area contributed by atoms with Gasteiger partial charge in [0.2, 0.25) is 5.91 Å². The fourth-order valence-corrected chi connectivity index (χ4v) is 4.67. The predicted octanol–water partition coefficient (Wildman–Crippen LogP) is 6.26. The zero-order chi connectivity index (χ0) is 19.8. The van der Waals surface area contributed by atoms with Crippen LogP contribution in [0.25, 0.3) is 21.5 Å². The molecule has 4 aromatic carbocycles. The highest BCUT2D eigenvalue weighted by Crippen LogP contribution is 2.43. The average molecular weight is 377 g/mol. The van der Waals surface area contributed by atoms with E-state index in [1.165, 1.54) is 44.3 Å². The fourth-order valence-electron chi connectivity index (χ4n) is 4.67. The zero-order valence-electron chi connectivity index (χ0n) is 16.3. The van der Waals surface area contributed by atoms with Gasteiger partial charge in [-0.1, -0.05) is 79.4 Å². The Morgan fingerprint density at radius 3 is 2.10 bits per heavy atom. The molecule has 4 aromatic rings. The molecule has 0 saturated heterocycles. The summed E-state index contributed by atoms with van der Waals surface area (Å²) in [5, 5.41) is 8.13. The number of hydrogen-bond donors (Lipinski definition) is 1. The van der Waals surface area contributed by atoms with Gasteiger partial charge in [0.1, 0.15) is 0 Å². The highest BCUT2D eigenvalue weighted by Gasteiger charge is 2.29. The van der Waals surface area contributed by atoms with Gasteiger partial charge in [0.25, 0.3) is 0 Å². The van der Waals surface area contributed by atoms with E-state index < -0.39 is 0 Å². The lowest BCUT2D eigenvalue weighted by atomic mass is 9.75. The maximum absolute atomic E-state index is 12.0. The summed E-state index contributed by atoms with van der Waals surface area (Å²) in [4.78, 5) is 12.0. The quantitative estimate of drug-likeness (QED) is 0.419. The van der Waals surface area contributed by atoms with Crippen LogP contribution in [0.1, 0.15) is 41.5 Å². The van der Waals surface area contributed by atoms with Crippen molar-refractivity contribution < 1.29 is 4.79 Å². The molecule has 0 heterocycles. The molecular formula is C27H23NO. The lowest BCUT2D eigenvalue weighted by molar-refractivity contribution is -0.117. The molecule has 1 aliphatic rings. The van der Waals surface area contributed by atoms with E-state index in [1.807, 2.05) is 0 Å². The summed E-state index contributed by atoms with van der Waals surface area (Å²) < 4.78 is 0. The van der Waals surface area contributed by atoms with Gasteiger partial charge in [-0.2, -0.15) is 0 Å². The van der Waals surface area contributed by atoms with Crippen molar-refractivity contribution in [3.05, 3.63) is 108 Å². The maximum Gasteiger partial charge on any atom is 0.243 e. The van der Waals surface area contributed by atoms with E-state index in [2.05, 4.69) is 90.8 Å². The van der Waals surface area contributed by atoms with Crippen LogP contribution in [0.2, 0.25) is 0 Å². The number of hydrogen-bond acceptors (Lipinski definition) is 1. The number of fused-ring (bicyclic) bond motifs is 3. The summed E-state index contributed by atoms with van der Waals surface area (Å²) in [6, 6.07) is 28.4. The Hall–Kier alpha value is -3.39. The summed E-state index contributed by atoms with van der Waals surface area (Å²) in [5.41, 5.74) is 3.89. The first-order valence-electron chi connectivity index (χ1n) is 10.2. The zero-order valence-corrected chi connectivity index (χ0v) is 16.3. The molecule has 1 amide bonds. The first kappa shape index (κ1) is 17.7. The van der Waals surface area contributed by atoms with Gasteiger partial charge in [0, 0.05) is 5.92 Å². The second-order valence-corrected chi connectivity index (χ2v) is 7.83. The molecule has 0 saturated carbocycles. The summed E-state index contributed by atoms with van der Waals surface area (Å²) in [7, 11) is 0. The van der Waals surface area contributed by atoms with E-state index in [4.69, 9.17) is 0 Å². The molecule has 0 fully saturated rings. The molecular weight excluding hydrogens is 354 g/mol. The molecule has 0 aliphatic heterocycles. The van der Waals surface area contributed by atoms with E-state index in [0.29, 0.717) is 5.92 Å². The molecule has 2 atom stereocenters. The third kappa shape index (κ3) is 3.21. The molecule has 0 aromatic heterocycles. The van der Waals surface area contributed by atoms with Crippen molar-refractivity contribution in [2.24, 2.45) is 0 Å². The third-order valence-corrected chi connectivity index (χ3v) is 6.12. The Morgan fingerprint density at radius 1 is 0.793 bits per heavy atom. The van der Waals surface area contributed by atoms with Crippen molar-refractivity contribution in [3.8, 4) is 0 Å². The van der Waals surface area contributed by atoms with Crippen LogP contribution in [-0.2, 0) is 4.79 Å². The van der Waals surface area contributed by atoms with Crippen LogP contribution in [0.5, 0.6) is 0 Å².